The Morgan fingerprint density at radius 3 is 2.88 bits per heavy atom. The van der Waals surface area contributed by atoms with Gasteiger partial charge in [-0.3, -0.25) is 0 Å². The number of fused-ring (bicyclic) bond motifs is 1. The quantitative estimate of drug-likeness (QED) is 0.787. The number of hydrogen-bond donors (Lipinski definition) is 2. The lowest BCUT2D eigenvalue weighted by molar-refractivity contribution is 0.0603. The summed E-state index contributed by atoms with van der Waals surface area (Å²) in [7, 11) is 1.37. The van der Waals surface area contributed by atoms with Crippen LogP contribution in [-0.4, -0.2) is 18.1 Å². The van der Waals surface area contributed by atoms with Crippen molar-refractivity contribution in [2.75, 3.05) is 7.11 Å². The van der Waals surface area contributed by atoms with Crippen molar-refractivity contribution in [2.45, 2.75) is 6.54 Å². The van der Waals surface area contributed by atoms with Crippen molar-refractivity contribution in [3.63, 3.8) is 0 Å². The molecule has 2 rings (SSSR count). The maximum Gasteiger partial charge on any atom is 0.338 e. The molecule has 0 atom stereocenters. The highest BCUT2D eigenvalue weighted by molar-refractivity contribution is 6.05. The highest BCUT2D eigenvalue weighted by Gasteiger charge is 2.13. The Balaban J connectivity index is 0.00000128. The van der Waals surface area contributed by atoms with Gasteiger partial charge in [-0.25, -0.2) is 4.79 Å². The Hall–Kier alpha value is -1.52. The Bertz CT molecular complexity index is 508. The van der Waals surface area contributed by atoms with E-state index in [4.69, 9.17) is 10.5 Å². The number of rotatable bonds is 2. The van der Waals surface area contributed by atoms with E-state index in [1.807, 2.05) is 18.3 Å². The molecule has 0 radical (unpaired) electrons. The third-order valence-electron chi connectivity index (χ3n) is 2.41. The molecule has 4 nitrogen and oxygen atoms in total. The Labute approximate surface area is 99.2 Å². The first-order valence-corrected chi connectivity index (χ1v) is 4.65. The average molecular weight is 241 g/mol. The third kappa shape index (κ3) is 1.89. The number of aromatic amines is 1. The number of nitrogens with two attached hydrogens (primary N) is 1. The molecule has 1 aromatic heterocycles. The molecule has 0 saturated heterocycles. The van der Waals surface area contributed by atoms with E-state index in [1.54, 1.807) is 6.07 Å². The van der Waals surface area contributed by atoms with Gasteiger partial charge in [-0.15, -0.1) is 12.4 Å². The number of benzene rings is 1. The molecule has 0 spiro atoms. The molecular formula is C11H13ClN2O2. The molecule has 0 aliphatic heterocycles. The molecule has 16 heavy (non-hydrogen) atoms. The number of ether oxygens (including phenoxy) is 1. The monoisotopic (exact) mass is 240 g/mol. The fraction of sp³-hybridized carbons (Fsp3) is 0.182. The Kier molecular flexibility index (Phi) is 3.93. The van der Waals surface area contributed by atoms with Crippen molar-refractivity contribution in [2.24, 2.45) is 5.73 Å². The molecule has 0 amide bonds. The molecule has 0 unspecified atom stereocenters. The first kappa shape index (κ1) is 12.5. The molecule has 0 aliphatic carbocycles. The molecule has 3 N–H and O–H groups in total. The number of halogens is 1. The van der Waals surface area contributed by atoms with Gasteiger partial charge < -0.3 is 15.5 Å². The standard InChI is InChI=1S/C11H12N2O2.ClH/c1-15-11(14)8-3-2-4-9-10(8)7(5-12)6-13-9;/h2-4,6,13H,5,12H2,1H3;1H. The van der Waals surface area contributed by atoms with Crippen LogP contribution in [0.4, 0.5) is 0 Å². The Morgan fingerprint density at radius 2 is 2.25 bits per heavy atom. The molecule has 1 heterocycles. The number of esters is 1. The molecule has 5 heteroatoms. The maximum absolute atomic E-state index is 11.5. The van der Waals surface area contributed by atoms with Crippen LogP contribution in [0, 0.1) is 0 Å². The number of aromatic nitrogens is 1. The number of nitrogens with one attached hydrogen (secondary N) is 1. The van der Waals surface area contributed by atoms with Crippen molar-refractivity contribution in [3.8, 4) is 0 Å². The minimum Gasteiger partial charge on any atom is -0.465 e. The smallest absolute Gasteiger partial charge is 0.338 e. The molecule has 0 aliphatic rings. The molecular weight excluding hydrogens is 228 g/mol. The van der Waals surface area contributed by atoms with Crippen LogP contribution in [0.15, 0.2) is 24.4 Å². The van der Waals surface area contributed by atoms with Gasteiger partial charge in [-0.2, -0.15) is 0 Å². The van der Waals surface area contributed by atoms with E-state index >= 15 is 0 Å². The van der Waals surface area contributed by atoms with E-state index in [0.29, 0.717) is 12.1 Å². The molecule has 86 valence electrons. The van der Waals surface area contributed by atoms with E-state index in [-0.39, 0.29) is 18.4 Å². The number of H-pyrrole nitrogens is 1. The second-order valence-corrected chi connectivity index (χ2v) is 3.24. The summed E-state index contributed by atoms with van der Waals surface area (Å²) in [4.78, 5) is 14.6. The lowest BCUT2D eigenvalue weighted by Crippen LogP contribution is -2.03. The van der Waals surface area contributed by atoms with Gasteiger partial charge in [0.2, 0.25) is 0 Å². The van der Waals surface area contributed by atoms with E-state index in [2.05, 4.69) is 4.98 Å². The van der Waals surface area contributed by atoms with E-state index in [1.165, 1.54) is 7.11 Å². The van der Waals surface area contributed by atoms with Gasteiger partial charge in [0.1, 0.15) is 0 Å². The largest absolute Gasteiger partial charge is 0.465 e. The van der Waals surface area contributed by atoms with Crippen LogP contribution in [0.3, 0.4) is 0 Å². The second-order valence-electron chi connectivity index (χ2n) is 3.24. The van der Waals surface area contributed by atoms with E-state index in [9.17, 15) is 4.79 Å². The lowest BCUT2D eigenvalue weighted by atomic mass is 10.1. The first-order valence-electron chi connectivity index (χ1n) is 4.65. The van der Waals surface area contributed by atoms with Crippen LogP contribution in [0.2, 0.25) is 0 Å². The van der Waals surface area contributed by atoms with E-state index < -0.39 is 0 Å². The van der Waals surface area contributed by atoms with E-state index in [0.717, 1.165) is 16.5 Å². The summed E-state index contributed by atoms with van der Waals surface area (Å²) in [6, 6.07) is 5.45. The zero-order valence-corrected chi connectivity index (χ0v) is 9.64. The van der Waals surface area contributed by atoms with Crippen LogP contribution < -0.4 is 5.73 Å². The van der Waals surface area contributed by atoms with Gasteiger partial charge in [0.05, 0.1) is 12.7 Å². The molecule has 0 bridgehead atoms. The summed E-state index contributed by atoms with van der Waals surface area (Å²) in [6.45, 7) is 0.397. The number of hydrogen-bond acceptors (Lipinski definition) is 3. The number of carbonyl (C=O) groups excluding carboxylic acids is 1. The zero-order chi connectivity index (χ0) is 10.8. The minimum absolute atomic E-state index is 0. The van der Waals surface area contributed by atoms with Gasteiger partial charge in [0.25, 0.3) is 0 Å². The summed E-state index contributed by atoms with van der Waals surface area (Å²) < 4.78 is 4.72. The third-order valence-corrected chi connectivity index (χ3v) is 2.41. The average Bonchev–Trinajstić information content (AvgIpc) is 2.70. The SMILES string of the molecule is COC(=O)c1cccc2[nH]cc(CN)c12.Cl. The highest BCUT2D eigenvalue weighted by Crippen LogP contribution is 2.22. The second kappa shape index (κ2) is 5.01. The van der Waals surface area contributed by atoms with Gasteiger partial charge in [0.15, 0.2) is 0 Å². The van der Waals surface area contributed by atoms with Crippen molar-refractivity contribution < 1.29 is 9.53 Å². The zero-order valence-electron chi connectivity index (χ0n) is 8.82. The van der Waals surface area contributed by atoms with Crippen molar-refractivity contribution in [1.29, 1.82) is 0 Å². The summed E-state index contributed by atoms with van der Waals surface area (Å²) >= 11 is 0. The number of methoxy groups -OCH3 is 1. The van der Waals surface area contributed by atoms with Crippen molar-refractivity contribution >= 4 is 29.3 Å². The van der Waals surface area contributed by atoms with Crippen molar-refractivity contribution in [3.05, 3.63) is 35.5 Å². The predicted octanol–water partition coefficient (Wildman–Crippen LogP) is 1.83. The van der Waals surface area contributed by atoms with Crippen LogP contribution in [0.5, 0.6) is 0 Å². The minimum atomic E-state index is -0.338. The summed E-state index contributed by atoms with van der Waals surface area (Å²) in [5, 5.41) is 0.854. The van der Waals surface area contributed by atoms with Gasteiger partial charge in [0, 0.05) is 23.6 Å². The van der Waals surface area contributed by atoms with Crippen molar-refractivity contribution in [1.82, 2.24) is 4.98 Å². The maximum atomic E-state index is 11.5. The fourth-order valence-corrected chi connectivity index (χ4v) is 1.70. The Morgan fingerprint density at radius 1 is 1.50 bits per heavy atom. The molecule has 0 saturated carbocycles. The molecule has 0 fully saturated rings. The fourth-order valence-electron chi connectivity index (χ4n) is 1.70. The summed E-state index contributed by atoms with van der Waals surface area (Å²) in [5.41, 5.74) is 7.97. The first-order chi connectivity index (χ1) is 7.27. The summed E-state index contributed by atoms with van der Waals surface area (Å²) in [5.74, 6) is -0.338. The van der Waals surface area contributed by atoms with Crippen LogP contribution >= 0.6 is 12.4 Å². The molecule has 1 aromatic carbocycles. The topological polar surface area (TPSA) is 68.1 Å². The van der Waals surface area contributed by atoms with Gasteiger partial charge >= 0.3 is 5.97 Å². The van der Waals surface area contributed by atoms with Gasteiger partial charge in [-0.1, -0.05) is 6.07 Å². The number of carbonyl (C=O) groups is 1. The summed E-state index contributed by atoms with van der Waals surface area (Å²) in [6.07, 6.45) is 1.82. The molecule has 2 aromatic rings. The van der Waals surface area contributed by atoms with Crippen LogP contribution in [0.1, 0.15) is 15.9 Å². The normalized spacial score (nSPS) is 9.88. The highest BCUT2D eigenvalue weighted by atomic mass is 35.5. The van der Waals surface area contributed by atoms with Crippen LogP contribution in [-0.2, 0) is 11.3 Å². The lowest BCUT2D eigenvalue weighted by Gasteiger charge is -2.02. The van der Waals surface area contributed by atoms with Crippen LogP contribution in [0.25, 0.3) is 10.9 Å². The predicted molar refractivity (Wildman–Crippen MR) is 64.8 cm³/mol. The van der Waals surface area contributed by atoms with Gasteiger partial charge in [-0.05, 0) is 17.7 Å².